The summed E-state index contributed by atoms with van der Waals surface area (Å²) >= 11 is 0. The van der Waals surface area contributed by atoms with E-state index in [1.54, 1.807) is 0 Å². The first-order chi connectivity index (χ1) is 13.7. The van der Waals surface area contributed by atoms with E-state index in [0.29, 0.717) is 12.0 Å². The minimum absolute atomic E-state index is 0.581. The molecule has 2 N–H and O–H groups in total. The first-order valence-corrected chi connectivity index (χ1v) is 10.3. The monoisotopic (exact) mass is 377 g/mol. The van der Waals surface area contributed by atoms with Crippen molar-refractivity contribution in [1.82, 2.24) is 25.1 Å². The lowest BCUT2D eigenvalue weighted by molar-refractivity contribution is 0.208. The van der Waals surface area contributed by atoms with Gasteiger partial charge in [0.15, 0.2) is 5.82 Å². The second-order valence-corrected chi connectivity index (χ2v) is 8.11. The highest BCUT2D eigenvalue weighted by Crippen LogP contribution is 2.39. The fraction of sp³-hybridized carbons (Fsp3) is 0.476. The Morgan fingerprint density at radius 2 is 1.86 bits per heavy atom. The van der Waals surface area contributed by atoms with Crippen LogP contribution in [0.2, 0.25) is 0 Å². The molecule has 3 aromatic rings. The molecule has 146 valence electrons. The van der Waals surface area contributed by atoms with E-state index in [-0.39, 0.29) is 0 Å². The van der Waals surface area contributed by atoms with Gasteiger partial charge in [-0.05, 0) is 38.8 Å². The molecule has 2 fully saturated rings. The lowest BCUT2D eigenvalue weighted by Crippen LogP contribution is -2.49. The molecular weight excluding hydrogens is 350 g/mol. The van der Waals surface area contributed by atoms with Crippen LogP contribution in [0.4, 0.5) is 17.6 Å². The Hall–Kier alpha value is -2.67. The molecule has 2 aromatic heterocycles. The summed E-state index contributed by atoms with van der Waals surface area (Å²) in [4.78, 5) is 14.5. The molecule has 1 aromatic carbocycles. The van der Waals surface area contributed by atoms with E-state index < -0.39 is 0 Å². The first-order valence-electron chi connectivity index (χ1n) is 10.3. The second kappa shape index (κ2) is 7.05. The maximum atomic E-state index is 4.89. The molecule has 0 spiro atoms. The third-order valence-electron chi connectivity index (χ3n) is 5.78. The van der Waals surface area contributed by atoms with E-state index in [0.717, 1.165) is 54.7 Å². The summed E-state index contributed by atoms with van der Waals surface area (Å²) < 4.78 is 0. The summed E-state index contributed by atoms with van der Waals surface area (Å²) in [6, 6.07) is 10.9. The number of fused-ring (bicyclic) bond motifs is 1. The maximum Gasteiger partial charge on any atom is 0.227 e. The van der Waals surface area contributed by atoms with E-state index in [4.69, 9.17) is 9.97 Å². The average molecular weight is 377 g/mol. The van der Waals surface area contributed by atoms with E-state index in [1.165, 1.54) is 18.5 Å². The fourth-order valence-corrected chi connectivity index (χ4v) is 3.86. The molecule has 1 aliphatic carbocycles. The van der Waals surface area contributed by atoms with Gasteiger partial charge in [0.05, 0.1) is 5.52 Å². The summed E-state index contributed by atoms with van der Waals surface area (Å²) in [5.41, 5.74) is 2.17. The van der Waals surface area contributed by atoms with Crippen molar-refractivity contribution in [3.63, 3.8) is 0 Å². The van der Waals surface area contributed by atoms with Crippen molar-refractivity contribution < 1.29 is 0 Å². The van der Waals surface area contributed by atoms with Crippen molar-refractivity contribution in [3.8, 4) is 0 Å². The Labute approximate surface area is 165 Å². The number of rotatable bonds is 5. The van der Waals surface area contributed by atoms with Crippen LogP contribution in [0.1, 0.15) is 38.3 Å². The number of aromatic nitrogens is 4. The van der Waals surface area contributed by atoms with Crippen LogP contribution >= 0.6 is 0 Å². The zero-order valence-electron chi connectivity index (χ0n) is 16.5. The van der Waals surface area contributed by atoms with Crippen LogP contribution in [0.5, 0.6) is 0 Å². The predicted octanol–water partition coefficient (Wildman–Crippen LogP) is 3.50. The lowest BCUT2D eigenvalue weighted by Gasteiger charge is -2.37. The van der Waals surface area contributed by atoms with Gasteiger partial charge in [-0.2, -0.15) is 10.1 Å². The summed E-state index contributed by atoms with van der Waals surface area (Å²) in [5, 5.41) is 12.0. The first kappa shape index (κ1) is 17.4. The Morgan fingerprint density at radius 1 is 1.07 bits per heavy atom. The van der Waals surface area contributed by atoms with Gasteiger partial charge in [0, 0.05) is 55.3 Å². The molecule has 28 heavy (non-hydrogen) atoms. The molecule has 0 unspecified atom stereocenters. The highest BCUT2D eigenvalue weighted by Gasteiger charge is 2.26. The van der Waals surface area contributed by atoms with Crippen LogP contribution in [-0.2, 0) is 0 Å². The Morgan fingerprint density at radius 3 is 2.61 bits per heavy atom. The van der Waals surface area contributed by atoms with Gasteiger partial charge >= 0.3 is 0 Å². The molecular formula is C21H27N7. The van der Waals surface area contributed by atoms with E-state index in [9.17, 15) is 0 Å². The maximum absolute atomic E-state index is 4.89. The summed E-state index contributed by atoms with van der Waals surface area (Å²) in [5.74, 6) is 3.09. The van der Waals surface area contributed by atoms with Gasteiger partial charge in [-0.15, -0.1) is 0 Å². The number of benzene rings is 1. The summed E-state index contributed by atoms with van der Waals surface area (Å²) in [6.45, 7) is 8.49. The Kier molecular flexibility index (Phi) is 4.39. The number of anilines is 3. The van der Waals surface area contributed by atoms with Gasteiger partial charge in [0.1, 0.15) is 5.82 Å². The molecule has 7 heteroatoms. The van der Waals surface area contributed by atoms with Crippen LogP contribution in [0.3, 0.4) is 0 Å². The molecule has 0 radical (unpaired) electrons. The topological polar surface area (TPSA) is 73.0 Å². The largest absolute Gasteiger partial charge is 0.338 e. The third-order valence-corrected chi connectivity index (χ3v) is 5.78. The zero-order valence-corrected chi connectivity index (χ0v) is 16.5. The Bertz CT molecular complexity index is 968. The van der Waals surface area contributed by atoms with Gasteiger partial charge in [-0.1, -0.05) is 12.1 Å². The van der Waals surface area contributed by atoms with Gasteiger partial charge < -0.3 is 10.2 Å². The van der Waals surface area contributed by atoms with Gasteiger partial charge in [0.2, 0.25) is 5.95 Å². The fourth-order valence-electron chi connectivity index (χ4n) is 3.86. The van der Waals surface area contributed by atoms with Crippen molar-refractivity contribution >= 4 is 28.5 Å². The van der Waals surface area contributed by atoms with Crippen LogP contribution in [0.15, 0.2) is 30.3 Å². The van der Waals surface area contributed by atoms with Crippen molar-refractivity contribution in [2.45, 2.75) is 38.6 Å². The van der Waals surface area contributed by atoms with Crippen LogP contribution in [0.25, 0.3) is 10.9 Å². The van der Waals surface area contributed by atoms with Gasteiger partial charge in [0.25, 0.3) is 0 Å². The number of hydrogen-bond acceptors (Lipinski definition) is 6. The number of H-pyrrole nitrogens is 1. The average Bonchev–Trinajstić information content (AvgIpc) is 3.47. The number of nitrogens with one attached hydrogen (secondary N) is 2. The molecule has 1 aliphatic heterocycles. The smallest absolute Gasteiger partial charge is 0.227 e. The van der Waals surface area contributed by atoms with Crippen molar-refractivity contribution in [1.29, 1.82) is 0 Å². The number of aromatic amines is 1. The van der Waals surface area contributed by atoms with Crippen molar-refractivity contribution in [2.75, 3.05) is 36.4 Å². The second-order valence-electron chi connectivity index (χ2n) is 8.11. The summed E-state index contributed by atoms with van der Waals surface area (Å²) in [7, 11) is 0. The van der Waals surface area contributed by atoms with Crippen molar-refractivity contribution in [3.05, 3.63) is 36.0 Å². The van der Waals surface area contributed by atoms with Crippen molar-refractivity contribution in [2.24, 2.45) is 0 Å². The van der Waals surface area contributed by atoms with E-state index in [2.05, 4.69) is 57.4 Å². The molecule has 1 saturated heterocycles. The molecule has 0 amide bonds. The molecule has 3 heterocycles. The number of piperazine rings is 1. The third kappa shape index (κ3) is 3.42. The summed E-state index contributed by atoms with van der Waals surface area (Å²) in [6.07, 6.45) is 2.51. The van der Waals surface area contributed by atoms with Crippen LogP contribution in [0, 0.1) is 0 Å². The molecule has 0 atom stereocenters. The highest BCUT2D eigenvalue weighted by molar-refractivity contribution is 5.91. The Balaban J connectivity index is 1.44. The number of para-hydroxylation sites is 1. The molecule has 1 saturated carbocycles. The van der Waals surface area contributed by atoms with Gasteiger partial charge in [-0.25, -0.2) is 4.98 Å². The number of hydrogen-bond donors (Lipinski definition) is 2. The molecule has 5 rings (SSSR count). The highest BCUT2D eigenvalue weighted by atomic mass is 15.3. The minimum Gasteiger partial charge on any atom is -0.338 e. The van der Waals surface area contributed by atoms with Gasteiger partial charge in [-0.3, -0.25) is 10.00 Å². The SMILES string of the molecule is CC(C)N1CCN(c2nc(Nc3cc(C4CC4)[nH]n3)c3ccccc3n2)CC1. The zero-order chi connectivity index (χ0) is 19.1. The standard InChI is InChI=1S/C21H27N7/c1-14(2)27-9-11-28(12-10-27)21-22-17-6-4-3-5-16(17)20(24-21)23-19-13-18(25-26-19)15-7-8-15/h3-6,13-15H,7-12H2,1-2H3,(H2,22,23,24,25,26). The quantitative estimate of drug-likeness (QED) is 0.709. The minimum atomic E-state index is 0.581. The normalized spacial score (nSPS) is 18.2. The lowest BCUT2D eigenvalue weighted by atomic mass is 10.2. The number of nitrogens with zero attached hydrogens (tertiary/aromatic N) is 5. The van der Waals surface area contributed by atoms with E-state index >= 15 is 0 Å². The molecule has 2 aliphatic rings. The predicted molar refractivity (Wildman–Crippen MR) is 112 cm³/mol. The van der Waals surface area contributed by atoms with Crippen LogP contribution < -0.4 is 10.2 Å². The van der Waals surface area contributed by atoms with Crippen LogP contribution in [-0.4, -0.2) is 57.3 Å². The molecule has 0 bridgehead atoms. The molecule has 7 nitrogen and oxygen atoms in total. The van der Waals surface area contributed by atoms with E-state index in [1.807, 2.05) is 12.1 Å².